The van der Waals surface area contributed by atoms with Crippen molar-refractivity contribution in [3.05, 3.63) is 35.9 Å². The fourth-order valence-corrected chi connectivity index (χ4v) is 3.92. The van der Waals surface area contributed by atoms with Crippen molar-refractivity contribution in [2.24, 2.45) is 5.41 Å². The topological polar surface area (TPSA) is 69.7 Å². The number of benzene rings is 1. The fourth-order valence-electron chi connectivity index (χ4n) is 3.92. The highest BCUT2D eigenvalue weighted by Crippen LogP contribution is 2.43. The molecule has 1 atom stereocenters. The highest BCUT2D eigenvalue weighted by molar-refractivity contribution is 6.09. The molecule has 0 aromatic heterocycles. The van der Waals surface area contributed by atoms with Crippen molar-refractivity contribution in [2.75, 3.05) is 19.6 Å². The minimum absolute atomic E-state index is 0.161. The number of hydrogen-bond donors (Lipinski definition) is 1. The van der Waals surface area contributed by atoms with Gasteiger partial charge in [-0.3, -0.25) is 14.5 Å². The smallest absolute Gasteiger partial charge is 0.325 e. The molecular weight excluding hydrogens is 330 g/mol. The van der Waals surface area contributed by atoms with Gasteiger partial charge in [0.25, 0.3) is 5.91 Å². The van der Waals surface area contributed by atoms with Crippen molar-refractivity contribution in [2.45, 2.75) is 45.6 Å². The number of hydrogen-bond acceptors (Lipinski definition) is 3. The number of carbonyl (C=O) groups is 3. The monoisotopic (exact) mass is 357 g/mol. The van der Waals surface area contributed by atoms with E-state index in [4.69, 9.17) is 0 Å². The second kappa shape index (κ2) is 6.74. The second-order valence-electron chi connectivity index (χ2n) is 8.13. The maximum absolute atomic E-state index is 13.4. The summed E-state index contributed by atoms with van der Waals surface area (Å²) in [5, 5.41) is 2.90. The van der Waals surface area contributed by atoms with Gasteiger partial charge in [-0.25, -0.2) is 4.79 Å². The summed E-state index contributed by atoms with van der Waals surface area (Å²) >= 11 is 0. The molecule has 2 saturated heterocycles. The number of nitrogens with one attached hydrogen (secondary N) is 1. The third-order valence-electron chi connectivity index (χ3n) is 5.44. The van der Waals surface area contributed by atoms with E-state index >= 15 is 0 Å². The fraction of sp³-hybridized carbons (Fsp3) is 0.550. The van der Waals surface area contributed by atoms with E-state index in [0.717, 1.165) is 29.7 Å². The van der Waals surface area contributed by atoms with Crippen LogP contribution in [0.2, 0.25) is 0 Å². The maximum atomic E-state index is 13.4. The van der Waals surface area contributed by atoms with Gasteiger partial charge in [-0.1, -0.05) is 51.1 Å². The molecule has 140 valence electrons. The molecule has 0 radical (unpaired) electrons. The third-order valence-corrected chi connectivity index (χ3v) is 5.44. The minimum Gasteiger partial charge on any atom is -0.341 e. The van der Waals surface area contributed by atoms with Crippen molar-refractivity contribution in [3.8, 4) is 0 Å². The number of urea groups is 1. The molecule has 0 spiro atoms. The molecule has 2 heterocycles. The Balaban J connectivity index is 1.89. The van der Waals surface area contributed by atoms with Crippen LogP contribution in [0.25, 0.3) is 0 Å². The zero-order valence-corrected chi connectivity index (χ0v) is 15.7. The van der Waals surface area contributed by atoms with Gasteiger partial charge in [-0.2, -0.15) is 0 Å². The van der Waals surface area contributed by atoms with Gasteiger partial charge in [0.2, 0.25) is 5.91 Å². The van der Waals surface area contributed by atoms with Gasteiger partial charge in [0.1, 0.15) is 6.54 Å². The lowest BCUT2D eigenvalue weighted by molar-refractivity contribution is -0.141. The first kappa shape index (κ1) is 18.4. The van der Waals surface area contributed by atoms with Crippen LogP contribution in [0.5, 0.6) is 0 Å². The summed E-state index contributed by atoms with van der Waals surface area (Å²) in [5.41, 5.74) is -0.990. The first-order chi connectivity index (χ1) is 12.3. The van der Waals surface area contributed by atoms with Crippen LogP contribution in [0.1, 0.15) is 45.6 Å². The SMILES string of the molecule is CC(C)(C)C1(c2ccccc2)NC(=O)N(CC(=O)N2CCCCC2)C1=O. The predicted octanol–water partition coefficient (Wildman–Crippen LogP) is 2.49. The van der Waals surface area contributed by atoms with Gasteiger partial charge in [0.05, 0.1) is 0 Å². The van der Waals surface area contributed by atoms with E-state index in [1.54, 1.807) is 4.90 Å². The number of likely N-dealkylation sites (tertiary alicyclic amines) is 1. The molecule has 3 rings (SSSR count). The summed E-state index contributed by atoms with van der Waals surface area (Å²) in [6.07, 6.45) is 3.07. The molecule has 4 amide bonds. The Morgan fingerprint density at radius 1 is 1.08 bits per heavy atom. The van der Waals surface area contributed by atoms with Crippen LogP contribution in [0.4, 0.5) is 4.79 Å². The van der Waals surface area contributed by atoms with Crippen molar-refractivity contribution in [1.29, 1.82) is 0 Å². The molecule has 0 saturated carbocycles. The lowest BCUT2D eigenvalue weighted by atomic mass is 9.69. The zero-order valence-electron chi connectivity index (χ0n) is 15.7. The molecule has 1 aromatic carbocycles. The Morgan fingerprint density at radius 3 is 2.27 bits per heavy atom. The van der Waals surface area contributed by atoms with E-state index in [9.17, 15) is 14.4 Å². The molecule has 6 nitrogen and oxygen atoms in total. The number of rotatable bonds is 3. The predicted molar refractivity (Wildman–Crippen MR) is 98.3 cm³/mol. The molecule has 6 heteroatoms. The number of piperidine rings is 1. The van der Waals surface area contributed by atoms with Crippen LogP contribution in [0, 0.1) is 5.41 Å². The standard InChI is InChI=1S/C20H27N3O3/c1-19(2,3)20(15-10-6-4-7-11-15)17(25)23(18(26)21-20)14-16(24)22-12-8-5-9-13-22/h4,6-7,10-11H,5,8-9,12-14H2,1-3H3,(H,21,26). The van der Waals surface area contributed by atoms with Gasteiger partial charge >= 0.3 is 6.03 Å². The average molecular weight is 357 g/mol. The van der Waals surface area contributed by atoms with Crippen molar-refractivity contribution >= 4 is 17.8 Å². The van der Waals surface area contributed by atoms with Crippen LogP contribution in [-0.2, 0) is 15.1 Å². The first-order valence-electron chi connectivity index (χ1n) is 9.25. The molecule has 1 aromatic rings. The van der Waals surface area contributed by atoms with Crippen molar-refractivity contribution in [3.63, 3.8) is 0 Å². The quantitative estimate of drug-likeness (QED) is 0.845. The number of amides is 4. The highest BCUT2D eigenvalue weighted by Gasteiger charge is 2.59. The number of carbonyl (C=O) groups excluding carboxylic acids is 3. The molecule has 2 fully saturated rings. The lowest BCUT2D eigenvalue weighted by Crippen LogP contribution is -2.54. The van der Waals surface area contributed by atoms with Crippen LogP contribution in [-0.4, -0.2) is 47.3 Å². The van der Waals surface area contributed by atoms with Crippen LogP contribution >= 0.6 is 0 Å². The van der Waals surface area contributed by atoms with Crippen LogP contribution in [0.15, 0.2) is 30.3 Å². The molecule has 1 N–H and O–H groups in total. The minimum atomic E-state index is -1.17. The van der Waals surface area contributed by atoms with Crippen molar-refractivity contribution < 1.29 is 14.4 Å². The Kier molecular flexibility index (Phi) is 4.78. The lowest BCUT2D eigenvalue weighted by Gasteiger charge is -2.39. The Bertz CT molecular complexity index is 705. The van der Waals surface area contributed by atoms with E-state index in [1.165, 1.54) is 0 Å². The Labute approximate surface area is 154 Å². The molecule has 26 heavy (non-hydrogen) atoms. The van der Waals surface area contributed by atoms with Gasteiger partial charge in [0.15, 0.2) is 5.54 Å². The second-order valence-corrected chi connectivity index (χ2v) is 8.13. The summed E-state index contributed by atoms with van der Waals surface area (Å²) in [4.78, 5) is 41.5. The van der Waals surface area contributed by atoms with Crippen LogP contribution in [0.3, 0.4) is 0 Å². The largest absolute Gasteiger partial charge is 0.341 e. The van der Waals surface area contributed by atoms with E-state index in [0.29, 0.717) is 13.1 Å². The van der Waals surface area contributed by atoms with Crippen LogP contribution < -0.4 is 5.32 Å². The van der Waals surface area contributed by atoms with Crippen molar-refractivity contribution in [1.82, 2.24) is 15.1 Å². The van der Waals surface area contributed by atoms with E-state index in [-0.39, 0.29) is 18.4 Å². The summed E-state index contributed by atoms with van der Waals surface area (Å²) < 4.78 is 0. The van der Waals surface area contributed by atoms with E-state index in [1.807, 2.05) is 51.1 Å². The Hall–Kier alpha value is -2.37. The van der Waals surface area contributed by atoms with Gasteiger partial charge in [-0.15, -0.1) is 0 Å². The normalized spacial score (nSPS) is 24.0. The van der Waals surface area contributed by atoms with Gasteiger partial charge in [-0.05, 0) is 30.2 Å². The molecule has 2 aliphatic heterocycles. The van der Waals surface area contributed by atoms with E-state index in [2.05, 4.69) is 5.32 Å². The molecule has 0 aliphatic carbocycles. The maximum Gasteiger partial charge on any atom is 0.325 e. The molecule has 2 aliphatic rings. The van der Waals surface area contributed by atoms with Gasteiger partial charge in [0, 0.05) is 13.1 Å². The summed E-state index contributed by atoms with van der Waals surface area (Å²) in [6, 6.07) is 8.77. The Morgan fingerprint density at radius 2 is 1.69 bits per heavy atom. The zero-order chi connectivity index (χ0) is 18.9. The summed E-state index contributed by atoms with van der Waals surface area (Å²) in [5.74, 6) is -0.516. The van der Waals surface area contributed by atoms with E-state index < -0.39 is 17.0 Å². The average Bonchev–Trinajstić information content (AvgIpc) is 2.88. The number of nitrogens with zero attached hydrogens (tertiary/aromatic N) is 2. The molecule has 1 unspecified atom stereocenters. The third kappa shape index (κ3) is 2.97. The molecule has 0 bridgehead atoms. The number of imide groups is 1. The molecular formula is C20H27N3O3. The first-order valence-corrected chi connectivity index (χ1v) is 9.25. The summed E-state index contributed by atoms with van der Waals surface area (Å²) in [7, 11) is 0. The summed E-state index contributed by atoms with van der Waals surface area (Å²) in [6.45, 7) is 6.98. The highest BCUT2D eigenvalue weighted by atomic mass is 16.2. The van der Waals surface area contributed by atoms with Gasteiger partial charge < -0.3 is 10.2 Å².